The molecule has 1 aromatic heterocycles. The van der Waals surface area contributed by atoms with Gasteiger partial charge in [0.25, 0.3) is 0 Å². The topological polar surface area (TPSA) is 55.0 Å². The minimum absolute atomic E-state index is 0.0421. The van der Waals surface area contributed by atoms with E-state index in [1.165, 1.54) is 6.20 Å². The van der Waals surface area contributed by atoms with Gasteiger partial charge >= 0.3 is 0 Å². The van der Waals surface area contributed by atoms with Gasteiger partial charge in [-0.1, -0.05) is 0 Å². The summed E-state index contributed by atoms with van der Waals surface area (Å²) in [4.78, 5) is 12.0. The highest BCUT2D eigenvalue weighted by Crippen LogP contribution is 2.20. The first-order valence-electron chi connectivity index (χ1n) is 4.90. The van der Waals surface area contributed by atoms with E-state index < -0.39 is 0 Å². The predicted molar refractivity (Wildman–Crippen MR) is 59.8 cm³/mol. The van der Waals surface area contributed by atoms with Crippen LogP contribution in [-0.2, 0) is 0 Å². The van der Waals surface area contributed by atoms with Crippen LogP contribution in [0.5, 0.6) is 5.75 Å². The monoisotopic (exact) mass is 216 g/mol. The highest BCUT2D eigenvalue weighted by molar-refractivity contribution is 6.08. The van der Waals surface area contributed by atoms with Crippen LogP contribution >= 0.6 is 0 Å². The number of carbonyl (C=O) groups excluding carboxylic acids is 1. The standard InChI is InChI=1S/C12H12N2O2/c1-8-5-9(3-4-11(8)16-2)12(15)10-6-13-14-7-10/h3-7H,1-2H3,(H,13,14). The second-order valence-electron chi connectivity index (χ2n) is 3.50. The van der Waals surface area contributed by atoms with Crippen molar-refractivity contribution in [1.82, 2.24) is 10.2 Å². The number of ketones is 1. The van der Waals surface area contributed by atoms with Gasteiger partial charge in [-0.3, -0.25) is 9.89 Å². The molecule has 0 spiro atoms. The van der Waals surface area contributed by atoms with E-state index in [2.05, 4.69) is 10.2 Å². The minimum Gasteiger partial charge on any atom is -0.496 e. The molecule has 0 atom stereocenters. The van der Waals surface area contributed by atoms with Gasteiger partial charge in [0.15, 0.2) is 5.78 Å². The minimum atomic E-state index is -0.0421. The van der Waals surface area contributed by atoms with Crippen LogP contribution in [0.2, 0.25) is 0 Å². The number of rotatable bonds is 3. The van der Waals surface area contributed by atoms with Gasteiger partial charge in [-0.05, 0) is 30.7 Å². The Labute approximate surface area is 93.3 Å². The van der Waals surface area contributed by atoms with E-state index in [0.29, 0.717) is 11.1 Å². The molecule has 16 heavy (non-hydrogen) atoms. The summed E-state index contributed by atoms with van der Waals surface area (Å²) in [5.74, 6) is 0.739. The Kier molecular flexibility index (Phi) is 2.72. The molecule has 4 heteroatoms. The molecule has 0 saturated heterocycles. The van der Waals surface area contributed by atoms with Crippen LogP contribution in [0.25, 0.3) is 0 Å². The fourth-order valence-electron chi connectivity index (χ4n) is 1.56. The average Bonchev–Trinajstić information content (AvgIpc) is 2.81. The lowest BCUT2D eigenvalue weighted by molar-refractivity contribution is 0.103. The summed E-state index contributed by atoms with van der Waals surface area (Å²) in [5.41, 5.74) is 2.14. The number of aromatic amines is 1. The van der Waals surface area contributed by atoms with Crippen LogP contribution in [0.4, 0.5) is 0 Å². The second-order valence-corrected chi connectivity index (χ2v) is 3.50. The molecule has 0 saturated carbocycles. The predicted octanol–water partition coefficient (Wildman–Crippen LogP) is 1.96. The zero-order valence-electron chi connectivity index (χ0n) is 9.15. The first kappa shape index (κ1) is 10.4. The smallest absolute Gasteiger partial charge is 0.196 e. The molecule has 82 valence electrons. The molecule has 1 N–H and O–H groups in total. The molecule has 2 rings (SSSR count). The van der Waals surface area contributed by atoms with Crippen LogP contribution in [0.15, 0.2) is 30.6 Å². The van der Waals surface area contributed by atoms with Gasteiger partial charge in [0.05, 0.1) is 18.9 Å². The highest BCUT2D eigenvalue weighted by Gasteiger charge is 2.11. The van der Waals surface area contributed by atoms with E-state index in [-0.39, 0.29) is 5.78 Å². The lowest BCUT2D eigenvalue weighted by Crippen LogP contribution is -2.00. The first-order chi connectivity index (χ1) is 7.72. The van der Waals surface area contributed by atoms with Crippen molar-refractivity contribution in [3.8, 4) is 5.75 Å². The number of nitrogens with zero attached hydrogens (tertiary/aromatic N) is 1. The molecule has 1 aromatic carbocycles. The fourth-order valence-corrected chi connectivity index (χ4v) is 1.56. The summed E-state index contributed by atoms with van der Waals surface area (Å²) < 4.78 is 5.14. The van der Waals surface area contributed by atoms with E-state index in [4.69, 9.17) is 4.74 Å². The third-order valence-corrected chi connectivity index (χ3v) is 2.42. The normalized spacial score (nSPS) is 10.1. The number of aryl methyl sites for hydroxylation is 1. The lowest BCUT2D eigenvalue weighted by atomic mass is 10.0. The lowest BCUT2D eigenvalue weighted by Gasteiger charge is -2.05. The van der Waals surface area contributed by atoms with E-state index in [1.807, 2.05) is 13.0 Å². The second kappa shape index (κ2) is 4.18. The van der Waals surface area contributed by atoms with Crippen molar-refractivity contribution in [2.24, 2.45) is 0 Å². The van der Waals surface area contributed by atoms with Gasteiger partial charge in [0, 0.05) is 11.8 Å². The number of methoxy groups -OCH3 is 1. The van der Waals surface area contributed by atoms with Crippen molar-refractivity contribution in [3.63, 3.8) is 0 Å². The van der Waals surface area contributed by atoms with E-state index in [0.717, 1.165) is 11.3 Å². The van der Waals surface area contributed by atoms with Crippen molar-refractivity contribution in [2.45, 2.75) is 6.92 Å². The largest absolute Gasteiger partial charge is 0.496 e. The molecule has 0 aliphatic heterocycles. The van der Waals surface area contributed by atoms with Crippen LogP contribution < -0.4 is 4.74 Å². The Morgan fingerprint density at radius 1 is 1.38 bits per heavy atom. The molecule has 1 heterocycles. The number of hydrogen-bond acceptors (Lipinski definition) is 3. The maximum Gasteiger partial charge on any atom is 0.196 e. The van der Waals surface area contributed by atoms with E-state index >= 15 is 0 Å². The van der Waals surface area contributed by atoms with Gasteiger partial charge in [-0.15, -0.1) is 0 Å². The molecular weight excluding hydrogens is 204 g/mol. The Bertz CT molecular complexity index is 504. The summed E-state index contributed by atoms with van der Waals surface area (Å²) in [6, 6.07) is 5.36. The quantitative estimate of drug-likeness (QED) is 0.798. The van der Waals surface area contributed by atoms with Crippen molar-refractivity contribution < 1.29 is 9.53 Å². The van der Waals surface area contributed by atoms with Gasteiger partial charge < -0.3 is 4.74 Å². The Balaban J connectivity index is 2.35. The van der Waals surface area contributed by atoms with Crippen molar-refractivity contribution in [2.75, 3.05) is 7.11 Å². The molecule has 4 nitrogen and oxygen atoms in total. The van der Waals surface area contributed by atoms with Crippen molar-refractivity contribution in [1.29, 1.82) is 0 Å². The molecule has 0 amide bonds. The number of benzene rings is 1. The number of aromatic nitrogens is 2. The van der Waals surface area contributed by atoms with Crippen LogP contribution in [0.1, 0.15) is 21.5 Å². The SMILES string of the molecule is COc1ccc(C(=O)c2cn[nH]c2)cc1C. The molecular formula is C12H12N2O2. The summed E-state index contributed by atoms with van der Waals surface area (Å²) in [6.07, 6.45) is 3.10. The van der Waals surface area contributed by atoms with Crippen LogP contribution in [0.3, 0.4) is 0 Å². The molecule has 0 radical (unpaired) electrons. The van der Waals surface area contributed by atoms with Crippen LogP contribution in [0, 0.1) is 6.92 Å². The Morgan fingerprint density at radius 2 is 2.19 bits per heavy atom. The van der Waals surface area contributed by atoms with Crippen LogP contribution in [-0.4, -0.2) is 23.1 Å². The van der Waals surface area contributed by atoms with Gasteiger partial charge in [-0.25, -0.2) is 0 Å². The summed E-state index contributed by atoms with van der Waals surface area (Å²) >= 11 is 0. The first-order valence-corrected chi connectivity index (χ1v) is 4.90. The van der Waals surface area contributed by atoms with Crippen molar-refractivity contribution >= 4 is 5.78 Å². The third kappa shape index (κ3) is 1.82. The molecule has 0 fully saturated rings. The summed E-state index contributed by atoms with van der Waals surface area (Å²) in [5, 5.41) is 6.38. The Hall–Kier alpha value is -2.10. The maximum absolute atomic E-state index is 12.0. The number of nitrogens with one attached hydrogen (secondary N) is 1. The van der Waals surface area contributed by atoms with Gasteiger partial charge in [-0.2, -0.15) is 5.10 Å². The van der Waals surface area contributed by atoms with Crippen molar-refractivity contribution in [3.05, 3.63) is 47.3 Å². The fraction of sp³-hybridized carbons (Fsp3) is 0.167. The highest BCUT2D eigenvalue weighted by atomic mass is 16.5. The Morgan fingerprint density at radius 3 is 2.75 bits per heavy atom. The van der Waals surface area contributed by atoms with Gasteiger partial charge in [0.1, 0.15) is 5.75 Å². The maximum atomic E-state index is 12.0. The molecule has 0 unspecified atom stereocenters. The number of carbonyl (C=O) groups is 1. The van der Waals surface area contributed by atoms with E-state index in [1.54, 1.807) is 25.4 Å². The number of H-pyrrole nitrogens is 1. The zero-order chi connectivity index (χ0) is 11.5. The zero-order valence-corrected chi connectivity index (χ0v) is 9.15. The molecule has 0 bridgehead atoms. The molecule has 0 aliphatic rings. The number of hydrogen-bond donors (Lipinski definition) is 1. The summed E-state index contributed by atoms with van der Waals surface area (Å²) in [7, 11) is 1.61. The number of ether oxygens (including phenoxy) is 1. The third-order valence-electron chi connectivity index (χ3n) is 2.42. The van der Waals surface area contributed by atoms with E-state index in [9.17, 15) is 4.79 Å². The summed E-state index contributed by atoms with van der Waals surface area (Å²) in [6.45, 7) is 1.91. The molecule has 0 aliphatic carbocycles. The average molecular weight is 216 g/mol. The van der Waals surface area contributed by atoms with Gasteiger partial charge in [0.2, 0.25) is 0 Å². The molecule has 2 aromatic rings.